The fourth-order valence-electron chi connectivity index (χ4n) is 3.31. The molecule has 0 spiro atoms. The molecule has 2 heterocycles. The van der Waals surface area contributed by atoms with Crippen LogP contribution in [0.5, 0.6) is 0 Å². The van der Waals surface area contributed by atoms with Crippen LogP contribution in [0.2, 0.25) is 0 Å². The molecular formula is C22H17FN2O4. The zero-order chi connectivity index (χ0) is 20.4. The van der Waals surface area contributed by atoms with E-state index in [0.29, 0.717) is 41.5 Å². The van der Waals surface area contributed by atoms with Crippen LogP contribution >= 0.6 is 0 Å². The van der Waals surface area contributed by atoms with E-state index in [1.54, 1.807) is 42.5 Å². The summed E-state index contributed by atoms with van der Waals surface area (Å²) < 4.78 is 18.4. The summed E-state index contributed by atoms with van der Waals surface area (Å²) in [4.78, 5) is 42.2. The van der Waals surface area contributed by atoms with Crippen LogP contribution in [0, 0.1) is 5.82 Å². The Morgan fingerprint density at radius 3 is 2.59 bits per heavy atom. The average Bonchev–Trinajstić information content (AvgIpc) is 3.17. The number of amides is 2. The van der Waals surface area contributed by atoms with Gasteiger partial charge in [-0.1, -0.05) is 18.2 Å². The second kappa shape index (κ2) is 7.79. The Kier molecular flexibility index (Phi) is 5.03. The molecule has 0 N–H and O–H groups in total. The van der Waals surface area contributed by atoms with Gasteiger partial charge in [-0.15, -0.1) is 0 Å². The van der Waals surface area contributed by atoms with Gasteiger partial charge in [0.05, 0.1) is 16.8 Å². The Bertz CT molecular complexity index is 1110. The van der Waals surface area contributed by atoms with Crippen LogP contribution in [0.4, 0.5) is 4.39 Å². The standard InChI is InChI=1S/C22H17FN2O4/c23-15-9-7-14(8-10-15)19-12-17(16-4-1-2-5-18(16)24-19)22(28)29-13-21(27)25-11-3-6-20(25)26/h1-2,4-5,7-10,12H,3,6,11,13H2. The fourth-order valence-corrected chi connectivity index (χ4v) is 3.31. The van der Waals surface area contributed by atoms with Gasteiger partial charge in [0.15, 0.2) is 6.61 Å². The molecule has 0 radical (unpaired) electrons. The van der Waals surface area contributed by atoms with Crippen molar-refractivity contribution in [2.75, 3.05) is 13.2 Å². The molecule has 3 aromatic rings. The third-order valence-electron chi connectivity index (χ3n) is 4.78. The lowest BCUT2D eigenvalue weighted by atomic mass is 10.0. The van der Waals surface area contributed by atoms with Crippen LogP contribution in [-0.4, -0.2) is 40.8 Å². The van der Waals surface area contributed by atoms with Crippen molar-refractivity contribution in [3.8, 4) is 11.3 Å². The number of nitrogens with zero attached hydrogens (tertiary/aromatic N) is 2. The molecular weight excluding hydrogens is 375 g/mol. The van der Waals surface area contributed by atoms with Gasteiger partial charge in [0, 0.05) is 23.9 Å². The maximum absolute atomic E-state index is 13.2. The number of pyridine rings is 1. The van der Waals surface area contributed by atoms with Crippen LogP contribution in [-0.2, 0) is 14.3 Å². The highest BCUT2D eigenvalue weighted by Crippen LogP contribution is 2.25. The molecule has 1 aromatic heterocycles. The van der Waals surface area contributed by atoms with E-state index in [2.05, 4.69) is 4.98 Å². The number of aromatic nitrogens is 1. The average molecular weight is 392 g/mol. The van der Waals surface area contributed by atoms with Gasteiger partial charge in [-0.2, -0.15) is 0 Å². The molecule has 0 unspecified atom stereocenters. The highest BCUT2D eigenvalue weighted by atomic mass is 19.1. The summed E-state index contributed by atoms with van der Waals surface area (Å²) in [7, 11) is 0. The van der Waals surface area contributed by atoms with Crippen molar-refractivity contribution >= 4 is 28.7 Å². The minimum absolute atomic E-state index is 0.246. The SMILES string of the molecule is O=C(OCC(=O)N1CCCC1=O)c1cc(-c2ccc(F)cc2)nc2ccccc12. The van der Waals surface area contributed by atoms with Gasteiger partial charge in [-0.05, 0) is 42.8 Å². The quantitative estimate of drug-likeness (QED) is 0.637. The Labute approximate surface area is 165 Å². The third-order valence-corrected chi connectivity index (χ3v) is 4.78. The Morgan fingerprint density at radius 2 is 1.86 bits per heavy atom. The number of carbonyl (C=O) groups excluding carboxylic acids is 3. The second-order valence-electron chi connectivity index (χ2n) is 6.70. The summed E-state index contributed by atoms with van der Waals surface area (Å²) in [5, 5.41) is 0.577. The van der Waals surface area contributed by atoms with Crippen molar-refractivity contribution < 1.29 is 23.5 Å². The Hall–Kier alpha value is -3.61. The number of esters is 1. The molecule has 2 aromatic carbocycles. The molecule has 2 amide bonds. The zero-order valence-electron chi connectivity index (χ0n) is 15.4. The molecule has 1 fully saturated rings. The molecule has 1 aliphatic rings. The molecule has 146 valence electrons. The highest BCUT2D eigenvalue weighted by molar-refractivity contribution is 6.05. The van der Waals surface area contributed by atoms with E-state index in [4.69, 9.17) is 4.74 Å². The van der Waals surface area contributed by atoms with Crippen LogP contribution in [0.3, 0.4) is 0 Å². The number of halogens is 1. The fraction of sp³-hybridized carbons (Fsp3) is 0.182. The molecule has 6 nitrogen and oxygen atoms in total. The molecule has 29 heavy (non-hydrogen) atoms. The van der Waals surface area contributed by atoms with Crippen molar-refractivity contribution in [2.24, 2.45) is 0 Å². The lowest BCUT2D eigenvalue weighted by Gasteiger charge is -2.14. The molecule has 1 aliphatic heterocycles. The number of hydrogen-bond acceptors (Lipinski definition) is 5. The smallest absolute Gasteiger partial charge is 0.339 e. The first-order chi connectivity index (χ1) is 14.0. The van der Waals surface area contributed by atoms with Gasteiger partial charge >= 0.3 is 5.97 Å². The minimum Gasteiger partial charge on any atom is -0.452 e. The summed E-state index contributed by atoms with van der Waals surface area (Å²) in [5.74, 6) is -1.84. The van der Waals surface area contributed by atoms with Crippen LogP contribution in [0.25, 0.3) is 22.2 Å². The number of imide groups is 1. The predicted octanol–water partition coefficient (Wildman–Crippen LogP) is 3.35. The molecule has 0 bridgehead atoms. The number of carbonyl (C=O) groups is 3. The van der Waals surface area contributed by atoms with Crippen molar-refractivity contribution in [2.45, 2.75) is 12.8 Å². The minimum atomic E-state index is -0.688. The van der Waals surface area contributed by atoms with E-state index in [-0.39, 0.29) is 17.3 Å². The molecule has 0 aliphatic carbocycles. The number of fused-ring (bicyclic) bond motifs is 1. The summed E-state index contributed by atoms with van der Waals surface area (Å²) >= 11 is 0. The van der Waals surface area contributed by atoms with Gasteiger partial charge in [-0.3, -0.25) is 14.5 Å². The Morgan fingerprint density at radius 1 is 1.10 bits per heavy atom. The van der Waals surface area contributed by atoms with Gasteiger partial charge < -0.3 is 4.74 Å². The van der Waals surface area contributed by atoms with Crippen molar-refractivity contribution in [3.05, 3.63) is 66.0 Å². The zero-order valence-corrected chi connectivity index (χ0v) is 15.4. The first kappa shape index (κ1) is 18.7. The van der Waals surface area contributed by atoms with E-state index in [0.717, 1.165) is 4.90 Å². The first-order valence-electron chi connectivity index (χ1n) is 9.19. The van der Waals surface area contributed by atoms with Crippen molar-refractivity contribution in [3.63, 3.8) is 0 Å². The molecule has 1 saturated heterocycles. The van der Waals surface area contributed by atoms with E-state index >= 15 is 0 Å². The van der Waals surface area contributed by atoms with E-state index in [1.165, 1.54) is 12.1 Å². The van der Waals surface area contributed by atoms with Crippen LogP contribution in [0.15, 0.2) is 54.6 Å². The number of para-hydroxylation sites is 1. The largest absolute Gasteiger partial charge is 0.452 e. The number of rotatable bonds is 4. The maximum atomic E-state index is 13.2. The van der Waals surface area contributed by atoms with Crippen LogP contribution < -0.4 is 0 Å². The molecule has 0 atom stereocenters. The number of ether oxygens (including phenoxy) is 1. The summed E-state index contributed by atoms with van der Waals surface area (Å²) in [6, 6.07) is 14.4. The van der Waals surface area contributed by atoms with Crippen LogP contribution in [0.1, 0.15) is 23.2 Å². The van der Waals surface area contributed by atoms with Gasteiger partial charge in [0.2, 0.25) is 5.91 Å². The van der Waals surface area contributed by atoms with Gasteiger partial charge in [0.25, 0.3) is 5.91 Å². The van der Waals surface area contributed by atoms with Gasteiger partial charge in [0.1, 0.15) is 5.82 Å². The highest BCUT2D eigenvalue weighted by Gasteiger charge is 2.27. The number of benzene rings is 2. The topological polar surface area (TPSA) is 76.6 Å². The summed E-state index contributed by atoms with van der Waals surface area (Å²) in [5.41, 5.74) is 1.94. The normalized spacial score (nSPS) is 13.7. The van der Waals surface area contributed by atoms with Gasteiger partial charge in [-0.25, -0.2) is 14.2 Å². The first-order valence-corrected chi connectivity index (χ1v) is 9.19. The summed E-state index contributed by atoms with van der Waals surface area (Å²) in [6.07, 6.45) is 0.949. The van der Waals surface area contributed by atoms with Crippen molar-refractivity contribution in [1.29, 1.82) is 0 Å². The number of hydrogen-bond donors (Lipinski definition) is 0. The molecule has 0 saturated carbocycles. The van der Waals surface area contributed by atoms with E-state index in [1.807, 2.05) is 0 Å². The third kappa shape index (κ3) is 3.85. The maximum Gasteiger partial charge on any atom is 0.339 e. The molecule has 4 rings (SSSR count). The second-order valence-corrected chi connectivity index (χ2v) is 6.70. The summed E-state index contributed by atoms with van der Waals surface area (Å²) in [6.45, 7) is -0.158. The predicted molar refractivity (Wildman–Crippen MR) is 103 cm³/mol. The monoisotopic (exact) mass is 392 g/mol. The Balaban J connectivity index is 1.63. The molecule has 7 heteroatoms. The van der Waals surface area contributed by atoms with Crippen molar-refractivity contribution in [1.82, 2.24) is 9.88 Å². The lowest BCUT2D eigenvalue weighted by Crippen LogP contribution is -2.35. The van der Waals surface area contributed by atoms with E-state index < -0.39 is 18.5 Å². The lowest BCUT2D eigenvalue weighted by molar-refractivity contribution is -0.143. The van der Waals surface area contributed by atoms with E-state index in [9.17, 15) is 18.8 Å². The number of likely N-dealkylation sites (tertiary alicyclic amines) is 1.